The molecule has 1 aliphatic heterocycles. The number of aryl methyl sites for hydroxylation is 1. The SMILES string of the molecule is CC1CCc2sc(C(=O)N3CCNCC3C)cc2C1.Cl. The minimum Gasteiger partial charge on any atom is -0.333 e. The second-order valence-corrected chi connectivity index (χ2v) is 7.10. The Bertz CT molecular complexity index is 488. The third-order valence-corrected chi connectivity index (χ3v) is 5.53. The maximum Gasteiger partial charge on any atom is 0.264 e. The van der Waals surface area contributed by atoms with Crippen molar-refractivity contribution in [2.24, 2.45) is 5.92 Å². The quantitative estimate of drug-likeness (QED) is 0.864. The molecular weight excluding hydrogens is 292 g/mol. The van der Waals surface area contributed by atoms with Crippen molar-refractivity contribution >= 4 is 29.7 Å². The smallest absolute Gasteiger partial charge is 0.264 e. The number of nitrogens with zero attached hydrogens (tertiary/aromatic N) is 1. The molecular formula is C15H23ClN2OS. The number of thiophene rings is 1. The molecule has 0 spiro atoms. The van der Waals surface area contributed by atoms with Gasteiger partial charge in [-0.1, -0.05) is 6.92 Å². The van der Waals surface area contributed by atoms with Crippen molar-refractivity contribution in [3.05, 3.63) is 21.4 Å². The molecule has 1 N–H and O–H groups in total. The molecule has 3 rings (SSSR count). The summed E-state index contributed by atoms with van der Waals surface area (Å²) in [6, 6.07) is 2.46. The lowest BCUT2D eigenvalue weighted by Crippen LogP contribution is -2.52. The van der Waals surface area contributed by atoms with Crippen LogP contribution in [0.4, 0.5) is 0 Å². The highest BCUT2D eigenvalue weighted by Gasteiger charge is 2.27. The minimum atomic E-state index is 0. The number of hydrogen-bond acceptors (Lipinski definition) is 3. The van der Waals surface area contributed by atoms with Crippen molar-refractivity contribution < 1.29 is 4.79 Å². The normalized spacial score (nSPS) is 25.8. The molecule has 1 aromatic rings. The summed E-state index contributed by atoms with van der Waals surface area (Å²) in [5, 5.41) is 3.34. The Labute approximate surface area is 131 Å². The molecule has 112 valence electrons. The van der Waals surface area contributed by atoms with Crippen molar-refractivity contribution in [3.63, 3.8) is 0 Å². The van der Waals surface area contributed by atoms with E-state index in [-0.39, 0.29) is 18.3 Å². The van der Waals surface area contributed by atoms with Crippen LogP contribution in [0.25, 0.3) is 0 Å². The van der Waals surface area contributed by atoms with Crippen molar-refractivity contribution in [2.75, 3.05) is 19.6 Å². The van der Waals surface area contributed by atoms with Gasteiger partial charge < -0.3 is 10.2 Å². The molecule has 0 bridgehead atoms. The van der Waals surface area contributed by atoms with E-state index in [1.54, 1.807) is 11.3 Å². The number of nitrogens with one attached hydrogen (secondary N) is 1. The van der Waals surface area contributed by atoms with Gasteiger partial charge in [0.2, 0.25) is 0 Å². The van der Waals surface area contributed by atoms with Crippen LogP contribution in [0.15, 0.2) is 6.07 Å². The molecule has 2 unspecified atom stereocenters. The zero-order valence-corrected chi connectivity index (χ0v) is 13.8. The van der Waals surface area contributed by atoms with Gasteiger partial charge in [-0.15, -0.1) is 23.7 Å². The second kappa shape index (κ2) is 6.46. The van der Waals surface area contributed by atoms with Crippen LogP contribution >= 0.6 is 23.7 Å². The van der Waals surface area contributed by atoms with E-state index in [1.165, 1.54) is 16.9 Å². The molecule has 3 nitrogen and oxygen atoms in total. The standard InChI is InChI=1S/C15H22N2OS.ClH/c1-10-3-4-13-12(7-10)8-14(19-13)15(18)17-6-5-16-9-11(17)2;/h8,10-11,16H,3-7,9H2,1-2H3;1H. The fourth-order valence-electron chi connectivity index (χ4n) is 3.10. The predicted molar refractivity (Wildman–Crippen MR) is 86.1 cm³/mol. The zero-order valence-electron chi connectivity index (χ0n) is 12.1. The third-order valence-electron chi connectivity index (χ3n) is 4.30. The number of carbonyl (C=O) groups excluding carboxylic acids is 1. The first kappa shape index (κ1) is 15.8. The van der Waals surface area contributed by atoms with E-state index in [9.17, 15) is 4.79 Å². The van der Waals surface area contributed by atoms with E-state index in [0.717, 1.165) is 43.3 Å². The highest BCUT2D eigenvalue weighted by atomic mass is 35.5. The topological polar surface area (TPSA) is 32.3 Å². The molecule has 0 aromatic carbocycles. The Kier molecular flexibility index (Phi) is 5.10. The van der Waals surface area contributed by atoms with Crippen LogP contribution in [0.1, 0.15) is 40.4 Å². The monoisotopic (exact) mass is 314 g/mol. The van der Waals surface area contributed by atoms with Crippen LogP contribution in [0.5, 0.6) is 0 Å². The molecule has 2 heterocycles. The Hall–Kier alpha value is -0.580. The van der Waals surface area contributed by atoms with Gasteiger partial charge in [-0.05, 0) is 43.7 Å². The summed E-state index contributed by atoms with van der Waals surface area (Å²) in [6.07, 6.45) is 3.58. The van der Waals surface area contributed by atoms with Crippen LogP contribution < -0.4 is 5.32 Å². The molecule has 1 amide bonds. The first-order chi connectivity index (χ1) is 9.15. The Balaban J connectivity index is 0.00000147. The number of piperazine rings is 1. The molecule has 0 radical (unpaired) electrons. The first-order valence-electron chi connectivity index (χ1n) is 7.28. The van der Waals surface area contributed by atoms with Gasteiger partial charge in [0.15, 0.2) is 0 Å². The van der Waals surface area contributed by atoms with E-state index in [0.29, 0.717) is 6.04 Å². The fraction of sp³-hybridized carbons (Fsp3) is 0.667. The van der Waals surface area contributed by atoms with Gasteiger partial charge >= 0.3 is 0 Å². The second-order valence-electron chi connectivity index (χ2n) is 5.96. The average Bonchev–Trinajstić information content (AvgIpc) is 2.81. The molecule has 2 atom stereocenters. The summed E-state index contributed by atoms with van der Waals surface area (Å²) < 4.78 is 0. The fourth-order valence-corrected chi connectivity index (χ4v) is 4.26. The number of fused-ring (bicyclic) bond motifs is 1. The van der Waals surface area contributed by atoms with Gasteiger partial charge in [-0.2, -0.15) is 0 Å². The lowest BCUT2D eigenvalue weighted by atomic mass is 9.90. The molecule has 5 heteroatoms. The van der Waals surface area contributed by atoms with Gasteiger partial charge in [0.05, 0.1) is 4.88 Å². The molecule has 1 saturated heterocycles. The minimum absolute atomic E-state index is 0. The van der Waals surface area contributed by atoms with Crippen LogP contribution in [-0.4, -0.2) is 36.5 Å². The number of amides is 1. The third kappa shape index (κ3) is 3.02. The van der Waals surface area contributed by atoms with Crippen LogP contribution in [0.2, 0.25) is 0 Å². The summed E-state index contributed by atoms with van der Waals surface area (Å²) in [6.45, 7) is 7.09. The molecule has 20 heavy (non-hydrogen) atoms. The lowest BCUT2D eigenvalue weighted by molar-refractivity contribution is 0.0660. The van der Waals surface area contributed by atoms with Gasteiger partial charge in [-0.3, -0.25) is 4.79 Å². The summed E-state index contributed by atoms with van der Waals surface area (Å²) in [5.74, 6) is 1.00. The highest BCUT2D eigenvalue weighted by Crippen LogP contribution is 2.33. The number of carbonyl (C=O) groups is 1. The number of halogens is 1. The molecule has 1 aromatic heterocycles. The van der Waals surface area contributed by atoms with Crippen molar-refractivity contribution in [1.82, 2.24) is 10.2 Å². The van der Waals surface area contributed by atoms with Gasteiger partial charge in [-0.25, -0.2) is 0 Å². The maximum atomic E-state index is 12.6. The number of rotatable bonds is 1. The van der Waals surface area contributed by atoms with E-state index in [2.05, 4.69) is 25.2 Å². The lowest BCUT2D eigenvalue weighted by Gasteiger charge is -2.33. The summed E-state index contributed by atoms with van der Waals surface area (Å²) in [7, 11) is 0. The van der Waals surface area contributed by atoms with E-state index < -0.39 is 0 Å². The van der Waals surface area contributed by atoms with Gasteiger partial charge in [0.25, 0.3) is 5.91 Å². The van der Waals surface area contributed by atoms with E-state index in [1.807, 2.05) is 4.90 Å². The molecule has 1 fully saturated rings. The van der Waals surface area contributed by atoms with Crippen LogP contribution in [-0.2, 0) is 12.8 Å². The van der Waals surface area contributed by atoms with Crippen molar-refractivity contribution in [2.45, 2.75) is 39.2 Å². The Morgan fingerprint density at radius 2 is 2.25 bits per heavy atom. The van der Waals surface area contributed by atoms with Crippen molar-refractivity contribution in [3.8, 4) is 0 Å². The summed E-state index contributed by atoms with van der Waals surface area (Å²) in [4.78, 5) is 17.0. The largest absolute Gasteiger partial charge is 0.333 e. The molecule has 2 aliphatic rings. The molecule has 0 saturated carbocycles. The van der Waals surface area contributed by atoms with Crippen LogP contribution in [0.3, 0.4) is 0 Å². The van der Waals surface area contributed by atoms with Crippen LogP contribution in [0, 0.1) is 5.92 Å². The predicted octanol–water partition coefficient (Wildman–Crippen LogP) is 2.73. The Morgan fingerprint density at radius 3 is 3.00 bits per heavy atom. The highest BCUT2D eigenvalue weighted by molar-refractivity contribution is 7.14. The summed E-state index contributed by atoms with van der Waals surface area (Å²) >= 11 is 1.73. The zero-order chi connectivity index (χ0) is 13.4. The molecule has 1 aliphatic carbocycles. The number of hydrogen-bond donors (Lipinski definition) is 1. The summed E-state index contributed by atoms with van der Waals surface area (Å²) in [5.41, 5.74) is 1.43. The maximum absolute atomic E-state index is 12.6. The van der Waals surface area contributed by atoms with E-state index in [4.69, 9.17) is 0 Å². The van der Waals surface area contributed by atoms with E-state index >= 15 is 0 Å². The first-order valence-corrected chi connectivity index (χ1v) is 8.10. The Morgan fingerprint density at radius 1 is 1.45 bits per heavy atom. The van der Waals surface area contributed by atoms with Gasteiger partial charge in [0.1, 0.15) is 0 Å². The average molecular weight is 315 g/mol. The van der Waals surface area contributed by atoms with Crippen molar-refractivity contribution in [1.29, 1.82) is 0 Å². The van der Waals surface area contributed by atoms with Gasteiger partial charge in [0, 0.05) is 30.6 Å².